The Kier molecular flexibility index (Phi) is 5.19. The molecule has 0 aliphatic rings. The minimum Gasteiger partial charge on any atom is -0.467 e. The number of nitrogens with zero attached hydrogens (tertiary/aromatic N) is 1. The Balaban J connectivity index is 2.17. The van der Waals surface area contributed by atoms with Crippen LogP contribution in [-0.4, -0.2) is 29.1 Å². The molecule has 4 nitrogen and oxygen atoms in total. The van der Waals surface area contributed by atoms with Gasteiger partial charge in [-0.1, -0.05) is 17.9 Å². The molecule has 1 aromatic carbocycles. The molecule has 2 rings (SSSR count). The van der Waals surface area contributed by atoms with Crippen LogP contribution in [0.4, 0.5) is 0 Å². The monoisotopic (exact) mass is 283 g/mol. The Labute approximate surface area is 124 Å². The van der Waals surface area contributed by atoms with E-state index in [0.717, 1.165) is 5.76 Å². The molecule has 4 heteroatoms. The molecule has 0 unspecified atom stereocenters. The molecule has 0 spiro atoms. The van der Waals surface area contributed by atoms with Gasteiger partial charge in [0.15, 0.2) is 0 Å². The molecule has 21 heavy (non-hydrogen) atoms. The first-order valence-corrected chi connectivity index (χ1v) is 6.76. The summed E-state index contributed by atoms with van der Waals surface area (Å²) in [6.45, 7) is 2.76. The maximum absolute atomic E-state index is 12.5. The van der Waals surface area contributed by atoms with Crippen LogP contribution in [-0.2, 0) is 6.54 Å². The normalized spacial score (nSPS) is 9.81. The topological polar surface area (TPSA) is 53.7 Å². The standard InChI is InChI=1S/C17H17NO3/c1-2-18(13-16-9-5-11-21-16)17(20)15-8-3-6-14(12-15)7-4-10-19/h3,5-6,8-9,11-12,19H,2,10,13H2,1H3. The van der Waals surface area contributed by atoms with Crippen LogP contribution in [0.5, 0.6) is 0 Å². The predicted octanol–water partition coefficient (Wildman–Crippen LogP) is 2.29. The van der Waals surface area contributed by atoms with Crippen LogP contribution in [0, 0.1) is 11.8 Å². The van der Waals surface area contributed by atoms with Crippen molar-refractivity contribution in [2.24, 2.45) is 0 Å². The Morgan fingerprint density at radius 3 is 2.86 bits per heavy atom. The van der Waals surface area contributed by atoms with Gasteiger partial charge in [0.25, 0.3) is 5.91 Å². The zero-order chi connectivity index (χ0) is 15.1. The Morgan fingerprint density at radius 1 is 1.33 bits per heavy atom. The van der Waals surface area contributed by atoms with E-state index in [4.69, 9.17) is 9.52 Å². The van der Waals surface area contributed by atoms with Crippen molar-refractivity contribution in [2.45, 2.75) is 13.5 Å². The average Bonchev–Trinajstić information content (AvgIpc) is 3.03. The number of aliphatic hydroxyl groups is 1. The van der Waals surface area contributed by atoms with E-state index >= 15 is 0 Å². The molecule has 0 aliphatic carbocycles. The lowest BCUT2D eigenvalue weighted by Gasteiger charge is -2.19. The molecule has 0 radical (unpaired) electrons. The maximum Gasteiger partial charge on any atom is 0.254 e. The second-order valence-corrected chi connectivity index (χ2v) is 4.44. The smallest absolute Gasteiger partial charge is 0.254 e. The summed E-state index contributed by atoms with van der Waals surface area (Å²) in [7, 11) is 0. The summed E-state index contributed by atoms with van der Waals surface area (Å²) in [6, 6.07) is 10.7. The molecule has 1 N–H and O–H groups in total. The second kappa shape index (κ2) is 7.32. The molecule has 2 aromatic rings. The Morgan fingerprint density at radius 2 is 2.19 bits per heavy atom. The second-order valence-electron chi connectivity index (χ2n) is 4.44. The summed E-state index contributed by atoms with van der Waals surface area (Å²) in [5, 5.41) is 8.72. The van der Waals surface area contributed by atoms with Crippen molar-refractivity contribution in [1.82, 2.24) is 4.90 Å². The number of benzene rings is 1. The van der Waals surface area contributed by atoms with Crippen molar-refractivity contribution in [2.75, 3.05) is 13.2 Å². The van der Waals surface area contributed by atoms with Crippen molar-refractivity contribution in [3.05, 3.63) is 59.5 Å². The van der Waals surface area contributed by atoms with E-state index in [-0.39, 0.29) is 12.5 Å². The molecule has 108 valence electrons. The van der Waals surface area contributed by atoms with Crippen molar-refractivity contribution in [3.8, 4) is 11.8 Å². The average molecular weight is 283 g/mol. The first-order valence-electron chi connectivity index (χ1n) is 6.76. The van der Waals surface area contributed by atoms with Gasteiger partial charge in [0.2, 0.25) is 0 Å². The fourth-order valence-electron chi connectivity index (χ4n) is 1.97. The van der Waals surface area contributed by atoms with Crippen molar-refractivity contribution < 1.29 is 14.3 Å². The fourth-order valence-corrected chi connectivity index (χ4v) is 1.97. The highest BCUT2D eigenvalue weighted by molar-refractivity contribution is 5.94. The summed E-state index contributed by atoms with van der Waals surface area (Å²) in [5.74, 6) is 6.06. The number of amides is 1. The summed E-state index contributed by atoms with van der Waals surface area (Å²) >= 11 is 0. The van der Waals surface area contributed by atoms with Gasteiger partial charge in [0.1, 0.15) is 12.4 Å². The van der Waals surface area contributed by atoms with Crippen LogP contribution in [0.15, 0.2) is 47.1 Å². The van der Waals surface area contributed by atoms with Gasteiger partial charge in [-0.2, -0.15) is 0 Å². The van der Waals surface area contributed by atoms with Crippen LogP contribution >= 0.6 is 0 Å². The van der Waals surface area contributed by atoms with Crippen molar-refractivity contribution in [1.29, 1.82) is 0 Å². The molecular formula is C17H17NO3. The number of hydrogen-bond donors (Lipinski definition) is 1. The number of rotatable bonds is 4. The maximum atomic E-state index is 12.5. The molecule has 1 aromatic heterocycles. The van der Waals surface area contributed by atoms with Crippen molar-refractivity contribution in [3.63, 3.8) is 0 Å². The van der Waals surface area contributed by atoms with E-state index in [2.05, 4.69) is 11.8 Å². The predicted molar refractivity (Wildman–Crippen MR) is 79.5 cm³/mol. The number of furan rings is 1. The molecule has 0 aliphatic heterocycles. The van der Waals surface area contributed by atoms with E-state index in [1.165, 1.54) is 0 Å². The lowest BCUT2D eigenvalue weighted by molar-refractivity contribution is 0.0741. The molecule has 0 saturated carbocycles. The quantitative estimate of drug-likeness (QED) is 0.876. The van der Waals surface area contributed by atoms with E-state index in [0.29, 0.717) is 24.2 Å². The molecule has 0 fully saturated rings. The molecule has 0 saturated heterocycles. The SMILES string of the molecule is CCN(Cc1ccco1)C(=O)c1cccc(C#CCO)c1. The highest BCUT2D eigenvalue weighted by Gasteiger charge is 2.15. The number of carbonyl (C=O) groups is 1. The number of aliphatic hydroxyl groups excluding tert-OH is 1. The number of carbonyl (C=O) groups excluding carboxylic acids is 1. The van der Waals surface area contributed by atoms with Crippen LogP contribution < -0.4 is 0 Å². The van der Waals surface area contributed by atoms with E-state index < -0.39 is 0 Å². The third-order valence-corrected chi connectivity index (χ3v) is 3.02. The summed E-state index contributed by atoms with van der Waals surface area (Å²) in [6.07, 6.45) is 1.60. The van der Waals surface area contributed by atoms with Gasteiger partial charge in [-0.05, 0) is 37.3 Å². The van der Waals surface area contributed by atoms with Gasteiger partial charge in [0.05, 0.1) is 12.8 Å². The van der Waals surface area contributed by atoms with Gasteiger partial charge in [0, 0.05) is 17.7 Å². The first-order chi connectivity index (χ1) is 10.2. The first kappa shape index (κ1) is 14.9. The lowest BCUT2D eigenvalue weighted by Crippen LogP contribution is -2.30. The summed E-state index contributed by atoms with van der Waals surface area (Å²) in [5.41, 5.74) is 1.29. The van der Waals surface area contributed by atoms with Crippen LogP contribution in [0.2, 0.25) is 0 Å². The third kappa shape index (κ3) is 3.98. The Hall–Kier alpha value is -2.51. The molecule has 0 atom stereocenters. The molecule has 1 heterocycles. The van der Waals surface area contributed by atoms with Crippen molar-refractivity contribution >= 4 is 5.91 Å². The minimum absolute atomic E-state index is 0.0680. The number of hydrogen-bond acceptors (Lipinski definition) is 3. The molecule has 0 bridgehead atoms. The van der Waals surface area contributed by atoms with Gasteiger partial charge in [-0.3, -0.25) is 4.79 Å². The largest absolute Gasteiger partial charge is 0.467 e. The highest BCUT2D eigenvalue weighted by atomic mass is 16.3. The Bertz CT molecular complexity index is 650. The van der Waals surface area contributed by atoms with Gasteiger partial charge in [-0.15, -0.1) is 0 Å². The highest BCUT2D eigenvalue weighted by Crippen LogP contribution is 2.12. The van der Waals surface area contributed by atoms with E-state index in [9.17, 15) is 4.79 Å². The molecule has 1 amide bonds. The van der Waals surface area contributed by atoms with Crippen LogP contribution in [0.3, 0.4) is 0 Å². The third-order valence-electron chi connectivity index (χ3n) is 3.02. The van der Waals surface area contributed by atoms with Crippen LogP contribution in [0.1, 0.15) is 28.6 Å². The lowest BCUT2D eigenvalue weighted by atomic mass is 10.1. The minimum atomic E-state index is -0.197. The van der Waals surface area contributed by atoms with E-state index in [1.54, 1.807) is 35.4 Å². The zero-order valence-corrected chi connectivity index (χ0v) is 11.9. The molecular weight excluding hydrogens is 266 g/mol. The summed E-state index contributed by atoms with van der Waals surface area (Å²) < 4.78 is 5.28. The van der Waals surface area contributed by atoms with Gasteiger partial charge < -0.3 is 14.4 Å². The van der Waals surface area contributed by atoms with E-state index in [1.807, 2.05) is 19.1 Å². The summed E-state index contributed by atoms with van der Waals surface area (Å²) in [4.78, 5) is 14.2. The zero-order valence-electron chi connectivity index (χ0n) is 11.9. The fraction of sp³-hybridized carbons (Fsp3) is 0.235. The van der Waals surface area contributed by atoms with Gasteiger partial charge >= 0.3 is 0 Å². The van der Waals surface area contributed by atoms with Crippen LogP contribution in [0.25, 0.3) is 0 Å². The van der Waals surface area contributed by atoms with Gasteiger partial charge in [-0.25, -0.2) is 0 Å².